The number of carbonyl (C=O) groups excluding carboxylic acids is 1. The minimum absolute atomic E-state index is 0.0260. The Kier molecular flexibility index (Phi) is 6.21. The van der Waals surface area contributed by atoms with Crippen LogP contribution >= 0.6 is 0 Å². The Morgan fingerprint density at radius 2 is 2.24 bits per heavy atom. The van der Waals surface area contributed by atoms with Gasteiger partial charge in [0.1, 0.15) is 5.82 Å². The highest BCUT2D eigenvalue weighted by Gasteiger charge is 2.21. The standard InChI is InChI=1S/C21H27N5O3/c1-28-13-11-26-19-9-12-29-14-15(19)16(25-26)6-7-21(27)22-10-8-20-23-17-4-2-3-5-18(17)24-20/h2-5H,6-14H2,1H3,(H,22,27)(H,23,24). The molecule has 29 heavy (non-hydrogen) atoms. The van der Waals surface area contributed by atoms with Crippen LogP contribution in [0.2, 0.25) is 0 Å². The third kappa shape index (κ3) is 4.65. The first kappa shape index (κ1) is 19.6. The predicted octanol–water partition coefficient (Wildman–Crippen LogP) is 1.77. The molecule has 0 atom stereocenters. The van der Waals surface area contributed by atoms with Gasteiger partial charge in [-0.15, -0.1) is 0 Å². The normalized spacial score (nSPS) is 13.6. The smallest absolute Gasteiger partial charge is 0.220 e. The maximum Gasteiger partial charge on any atom is 0.220 e. The monoisotopic (exact) mass is 397 g/mol. The Morgan fingerprint density at radius 3 is 3.10 bits per heavy atom. The molecule has 1 aromatic carbocycles. The number of amides is 1. The van der Waals surface area contributed by atoms with Crippen LogP contribution in [0.4, 0.5) is 0 Å². The van der Waals surface area contributed by atoms with Crippen molar-refractivity contribution in [2.45, 2.75) is 38.8 Å². The van der Waals surface area contributed by atoms with Crippen molar-refractivity contribution in [2.75, 3.05) is 26.9 Å². The van der Waals surface area contributed by atoms with Gasteiger partial charge in [-0.25, -0.2) is 4.98 Å². The highest BCUT2D eigenvalue weighted by atomic mass is 16.5. The van der Waals surface area contributed by atoms with Crippen LogP contribution in [0.15, 0.2) is 24.3 Å². The molecule has 0 aliphatic carbocycles. The molecule has 3 aromatic rings. The fourth-order valence-corrected chi connectivity index (χ4v) is 3.71. The zero-order valence-electron chi connectivity index (χ0n) is 16.7. The lowest BCUT2D eigenvalue weighted by Crippen LogP contribution is -2.26. The number of benzene rings is 1. The number of aromatic nitrogens is 4. The van der Waals surface area contributed by atoms with E-state index in [2.05, 4.69) is 15.3 Å². The Balaban J connectivity index is 1.28. The number of nitrogens with zero attached hydrogens (tertiary/aromatic N) is 3. The van der Waals surface area contributed by atoms with E-state index in [1.165, 1.54) is 5.69 Å². The van der Waals surface area contributed by atoms with Gasteiger partial charge in [0.2, 0.25) is 5.91 Å². The van der Waals surface area contributed by atoms with Crippen molar-refractivity contribution in [3.05, 3.63) is 47.0 Å². The van der Waals surface area contributed by atoms with E-state index in [0.717, 1.165) is 41.1 Å². The van der Waals surface area contributed by atoms with Gasteiger partial charge in [0, 0.05) is 50.6 Å². The van der Waals surface area contributed by atoms with Crippen LogP contribution in [-0.4, -0.2) is 52.5 Å². The summed E-state index contributed by atoms with van der Waals surface area (Å²) in [6, 6.07) is 7.92. The molecule has 8 heteroatoms. The average molecular weight is 397 g/mol. The van der Waals surface area contributed by atoms with E-state index in [1.807, 2.05) is 28.9 Å². The van der Waals surface area contributed by atoms with Gasteiger partial charge in [0.15, 0.2) is 0 Å². The topological polar surface area (TPSA) is 94.1 Å². The Labute approximate surface area is 169 Å². The van der Waals surface area contributed by atoms with E-state index < -0.39 is 0 Å². The second kappa shape index (κ2) is 9.19. The molecule has 0 saturated carbocycles. The first-order valence-corrected chi connectivity index (χ1v) is 10.1. The number of hydrogen-bond acceptors (Lipinski definition) is 5. The summed E-state index contributed by atoms with van der Waals surface area (Å²) in [4.78, 5) is 20.1. The molecule has 0 radical (unpaired) electrons. The number of ether oxygens (including phenoxy) is 2. The number of nitrogens with one attached hydrogen (secondary N) is 2. The van der Waals surface area contributed by atoms with Gasteiger partial charge in [0.25, 0.3) is 0 Å². The number of methoxy groups -OCH3 is 1. The molecule has 1 aliphatic heterocycles. The van der Waals surface area contributed by atoms with Crippen LogP contribution < -0.4 is 5.32 Å². The minimum Gasteiger partial charge on any atom is -0.383 e. The summed E-state index contributed by atoms with van der Waals surface area (Å²) in [6.45, 7) is 3.19. The number of aryl methyl sites for hydroxylation is 1. The molecule has 0 fully saturated rings. The molecule has 8 nitrogen and oxygen atoms in total. The molecule has 0 spiro atoms. The van der Waals surface area contributed by atoms with Crippen molar-refractivity contribution >= 4 is 16.9 Å². The van der Waals surface area contributed by atoms with E-state index in [9.17, 15) is 4.79 Å². The van der Waals surface area contributed by atoms with Gasteiger partial charge in [-0.05, 0) is 12.1 Å². The van der Waals surface area contributed by atoms with Crippen LogP contribution in [0.1, 0.15) is 29.2 Å². The highest BCUT2D eigenvalue weighted by molar-refractivity contribution is 5.76. The van der Waals surface area contributed by atoms with Crippen molar-refractivity contribution in [3.8, 4) is 0 Å². The molecular weight excluding hydrogens is 370 g/mol. The summed E-state index contributed by atoms with van der Waals surface area (Å²) in [6.07, 6.45) is 2.56. The van der Waals surface area contributed by atoms with E-state index in [0.29, 0.717) is 45.6 Å². The van der Waals surface area contributed by atoms with Crippen LogP contribution in [0, 0.1) is 0 Å². The molecular formula is C21H27N5O3. The summed E-state index contributed by atoms with van der Waals surface area (Å²) in [5, 5.41) is 7.70. The highest BCUT2D eigenvalue weighted by Crippen LogP contribution is 2.22. The van der Waals surface area contributed by atoms with Crippen molar-refractivity contribution in [1.82, 2.24) is 25.1 Å². The maximum atomic E-state index is 12.3. The molecule has 154 valence electrons. The predicted molar refractivity (Wildman–Crippen MR) is 109 cm³/mol. The van der Waals surface area contributed by atoms with Crippen molar-refractivity contribution in [1.29, 1.82) is 0 Å². The van der Waals surface area contributed by atoms with Crippen molar-refractivity contribution in [3.63, 3.8) is 0 Å². The second-order valence-corrected chi connectivity index (χ2v) is 7.19. The van der Waals surface area contributed by atoms with Gasteiger partial charge in [-0.3, -0.25) is 9.48 Å². The number of fused-ring (bicyclic) bond motifs is 2. The van der Waals surface area contributed by atoms with Gasteiger partial charge in [0.05, 0.1) is 43.1 Å². The molecule has 4 rings (SSSR count). The Hall–Kier alpha value is -2.71. The van der Waals surface area contributed by atoms with E-state index in [4.69, 9.17) is 14.6 Å². The number of rotatable bonds is 9. The fraction of sp³-hybridized carbons (Fsp3) is 0.476. The molecule has 2 N–H and O–H groups in total. The summed E-state index contributed by atoms with van der Waals surface area (Å²) in [7, 11) is 1.69. The van der Waals surface area contributed by atoms with E-state index >= 15 is 0 Å². The molecule has 0 saturated heterocycles. The SMILES string of the molecule is COCCn1nc(CCC(=O)NCCc2nc3ccccc3[nH]2)c2c1CCOC2. The number of H-pyrrole nitrogens is 1. The first-order valence-electron chi connectivity index (χ1n) is 10.1. The van der Waals surface area contributed by atoms with E-state index in [-0.39, 0.29) is 5.91 Å². The lowest BCUT2D eigenvalue weighted by Gasteiger charge is -2.15. The number of aromatic amines is 1. The molecule has 1 amide bonds. The number of carbonyl (C=O) groups is 1. The summed E-state index contributed by atoms with van der Waals surface area (Å²) in [5.74, 6) is 0.910. The third-order valence-corrected chi connectivity index (χ3v) is 5.20. The van der Waals surface area contributed by atoms with Gasteiger partial charge in [-0.2, -0.15) is 5.10 Å². The summed E-state index contributed by atoms with van der Waals surface area (Å²) < 4.78 is 12.8. The quantitative estimate of drug-likeness (QED) is 0.574. The van der Waals surface area contributed by atoms with Crippen molar-refractivity contribution in [2.24, 2.45) is 0 Å². The Morgan fingerprint density at radius 1 is 1.34 bits per heavy atom. The maximum absolute atomic E-state index is 12.3. The van der Waals surface area contributed by atoms with Crippen LogP contribution in [0.5, 0.6) is 0 Å². The van der Waals surface area contributed by atoms with Gasteiger partial charge < -0.3 is 19.8 Å². The number of hydrogen-bond donors (Lipinski definition) is 2. The summed E-state index contributed by atoms with van der Waals surface area (Å²) in [5.41, 5.74) is 5.29. The zero-order chi connectivity index (χ0) is 20.1. The molecule has 2 aromatic heterocycles. The largest absolute Gasteiger partial charge is 0.383 e. The number of para-hydroxylation sites is 2. The molecule has 3 heterocycles. The van der Waals surface area contributed by atoms with Crippen LogP contribution in [0.3, 0.4) is 0 Å². The van der Waals surface area contributed by atoms with Crippen LogP contribution in [0.25, 0.3) is 11.0 Å². The summed E-state index contributed by atoms with van der Waals surface area (Å²) >= 11 is 0. The molecule has 0 bridgehead atoms. The van der Waals surface area contributed by atoms with Crippen molar-refractivity contribution < 1.29 is 14.3 Å². The average Bonchev–Trinajstić information content (AvgIpc) is 3.31. The first-order chi connectivity index (χ1) is 14.2. The lowest BCUT2D eigenvalue weighted by atomic mass is 10.1. The second-order valence-electron chi connectivity index (χ2n) is 7.19. The minimum atomic E-state index is 0.0260. The zero-order valence-corrected chi connectivity index (χ0v) is 16.7. The van der Waals surface area contributed by atoms with Gasteiger partial charge in [-0.1, -0.05) is 12.1 Å². The molecule has 1 aliphatic rings. The third-order valence-electron chi connectivity index (χ3n) is 5.20. The fourth-order valence-electron chi connectivity index (χ4n) is 3.71. The van der Waals surface area contributed by atoms with E-state index in [1.54, 1.807) is 7.11 Å². The lowest BCUT2D eigenvalue weighted by molar-refractivity contribution is -0.121. The van der Waals surface area contributed by atoms with Crippen LogP contribution in [-0.2, 0) is 46.7 Å². The number of imidazole rings is 1. The Bertz CT molecular complexity index is 945. The molecule has 0 unspecified atom stereocenters. The van der Waals surface area contributed by atoms with Gasteiger partial charge >= 0.3 is 0 Å².